The van der Waals surface area contributed by atoms with Gasteiger partial charge in [-0.3, -0.25) is 0 Å². The highest BCUT2D eigenvalue weighted by Gasteiger charge is 2.09. The number of urea groups is 1. The van der Waals surface area contributed by atoms with E-state index in [2.05, 4.69) is 20.7 Å². The average Bonchev–Trinajstić information content (AvgIpc) is 3.26. The Morgan fingerprint density at radius 1 is 1.21 bits per heavy atom. The van der Waals surface area contributed by atoms with E-state index in [9.17, 15) is 4.79 Å². The monoisotopic (exact) mass is 324 g/mol. The number of carbonyl (C=O) groups is 1. The van der Waals surface area contributed by atoms with E-state index in [1.54, 1.807) is 23.4 Å². The fraction of sp³-hybridized carbons (Fsp3) is 0.235. The first-order valence-electron chi connectivity index (χ1n) is 7.80. The quantitative estimate of drug-likeness (QED) is 0.727. The second kappa shape index (κ2) is 7.45. The molecule has 1 unspecified atom stereocenters. The summed E-state index contributed by atoms with van der Waals surface area (Å²) in [5.74, 6) is 0. The molecule has 7 heteroatoms. The van der Waals surface area contributed by atoms with E-state index in [1.807, 2.05) is 54.2 Å². The van der Waals surface area contributed by atoms with Crippen LogP contribution < -0.4 is 10.6 Å². The summed E-state index contributed by atoms with van der Waals surface area (Å²) in [4.78, 5) is 16.1. The number of carbonyl (C=O) groups excluding carboxylic acids is 1. The van der Waals surface area contributed by atoms with Gasteiger partial charge in [0.2, 0.25) is 0 Å². The summed E-state index contributed by atoms with van der Waals surface area (Å²) in [6, 6.07) is 9.53. The van der Waals surface area contributed by atoms with Crippen molar-refractivity contribution in [2.45, 2.75) is 26.1 Å². The van der Waals surface area contributed by atoms with E-state index in [0.717, 1.165) is 11.3 Å². The standard InChI is InChI=1S/C17H20N6O/c1-14(12-22-10-8-18-13-22)21-17(24)19-11-15-5-2-3-6-16(15)23-9-4-7-20-23/h2-10,13-14H,11-12H2,1H3,(H2,19,21,24). The molecule has 0 aliphatic heterocycles. The molecular weight excluding hydrogens is 304 g/mol. The molecule has 2 heterocycles. The molecule has 7 nitrogen and oxygen atoms in total. The maximum Gasteiger partial charge on any atom is 0.315 e. The van der Waals surface area contributed by atoms with Crippen molar-refractivity contribution < 1.29 is 4.79 Å². The SMILES string of the molecule is CC(Cn1ccnc1)NC(=O)NCc1ccccc1-n1cccn1. The number of benzene rings is 1. The highest BCUT2D eigenvalue weighted by atomic mass is 16.2. The molecule has 0 spiro atoms. The molecule has 0 saturated heterocycles. The van der Waals surface area contributed by atoms with Gasteiger partial charge in [-0.1, -0.05) is 18.2 Å². The first-order chi connectivity index (χ1) is 11.7. The Bertz CT molecular complexity index is 766. The number of imidazole rings is 1. The highest BCUT2D eigenvalue weighted by molar-refractivity contribution is 5.74. The third-order valence-corrected chi connectivity index (χ3v) is 3.60. The molecule has 0 fully saturated rings. The summed E-state index contributed by atoms with van der Waals surface area (Å²) >= 11 is 0. The molecule has 24 heavy (non-hydrogen) atoms. The van der Waals surface area contributed by atoms with Gasteiger partial charge >= 0.3 is 6.03 Å². The predicted molar refractivity (Wildman–Crippen MR) is 90.6 cm³/mol. The van der Waals surface area contributed by atoms with Crippen LogP contribution in [0.2, 0.25) is 0 Å². The zero-order chi connectivity index (χ0) is 16.8. The molecule has 2 amide bonds. The molecule has 3 aromatic rings. The topological polar surface area (TPSA) is 76.8 Å². The molecule has 1 atom stereocenters. The second-order valence-corrected chi connectivity index (χ2v) is 5.57. The smallest absolute Gasteiger partial charge is 0.315 e. The van der Waals surface area contributed by atoms with E-state index in [4.69, 9.17) is 0 Å². The minimum absolute atomic E-state index is 0.000518. The van der Waals surface area contributed by atoms with E-state index in [1.165, 1.54) is 0 Å². The Hall–Kier alpha value is -3.09. The van der Waals surface area contributed by atoms with Crippen molar-refractivity contribution in [2.24, 2.45) is 0 Å². The minimum atomic E-state index is -0.196. The van der Waals surface area contributed by atoms with Gasteiger partial charge in [0.25, 0.3) is 0 Å². The lowest BCUT2D eigenvalue weighted by molar-refractivity contribution is 0.236. The number of aromatic nitrogens is 4. The van der Waals surface area contributed by atoms with Crippen LogP contribution >= 0.6 is 0 Å². The number of para-hydroxylation sites is 1. The lowest BCUT2D eigenvalue weighted by Gasteiger charge is -2.16. The third kappa shape index (κ3) is 4.01. The molecule has 0 bridgehead atoms. The van der Waals surface area contributed by atoms with Crippen molar-refractivity contribution in [3.8, 4) is 5.69 Å². The number of amides is 2. The van der Waals surface area contributed by atoms with Crippen LogP contribution in [-0.4, -0.2) is 31.4 Å². The van der Waals surface area contributed by atoms with E-state index >= 15 is 0 Å². The molecule has 2 N–H and O–H groups in total. The minimum Gasteiger partial charge on any atom is -0.335 e. The molecule has 1 aromatic carbocycles. The van der Waals surface area contributed by atoms with Crippen molar-refractivity contribution in [1.82, 2.24) is 30.0 Å². The molecule has 2 aromatic heterocycles. The predicted octanol–water partition coefficient (Wildman–Crippen LogP) is 1.96. The summed E-state index contributed by atoms with van der Waals surface area (Å²) in [7, 11) is 0. The Morgan fingerprint density at radius 2 is 2.08 bits per heavy atom. The summed E-state index contributed by atoms with van der Waals surface area (Å²) < 4.78 is 3.72. The lowest BCUT2D eigenvalue weighted by Crippen LogP contribution is -2.42. The summed E-state index contributed by atoms with van der Waals surface area (Å²) in [5, 5.41) is 10.1. The molecule has 3 rings (SSSR count). The zero-order valence-corrected chi connectivity index (χ0v) is 13.5. The fourth-order valence-electron chi connectivity index (χ4n) is 2.50. The average molecular weight is 324 g/mol. The Kier molecular flexibility index (Phi) is 4.90. The second-order valence-electron chi connectivity index (χ2n) is 5.57. The van der Waals surface area contributed by atoms with Gasteiger partial charge in [-0.2, -0.15) is 5.10 Å². The van der Waals surface area contributed by atoms with Gasteiger partial charge in [-0.25, -0.2) is 14.5 Å². The fourth-order valence-corrected chi connectivity index (χ4v) is 2.50. The number of hydrogen-bond acceptors (Lipinski definition) is 3. The van der Waals surface area contributed by atoms with Gasteiger partial charge in [-0.05, 0) is 24.6 Å². The Balaban J connectivity index is 1.55. The number of nitrogens with one attached hydrogen (secondary N) is 2. The maximum atomic E-state index is 12.1. The van der Waals surface area contributed by atoms with Crippen LogP contribution in [0.15, 0.2) is 61.4 Å². The first kappa shape index (κ1) is 15.8. The molecule has 0 radical (unpaired) electrons. The van der Waals surface area contributed by atoms with Crippen LogP contribution in [-0.2, 0) is 13.1 Å². The number of hydrogen-bond donors (Lipinski definition) is 2. The highest BCUT2D eigenvalue weighted by Crippen LogP contribution is 2.12. The van der Waals surface area contributed by atoms with Gasteiger partial charge in [0.05, 0.1) is 12.0 Å². The van der Waals surface area contributed by atoms with Gasteiger partial charge < -0.3 is 15.2 Å². The van der Waals surface area contributed by atoms with Crippen molar-refractivity contribution in [2.75, 3.05) is 0 Å². The van der Waals surface area contributed by atoms with Crippen LogP contribution in [0.4, 0.5) is 4.79 Å². The lowest BCUT2D eigenvalue weighted by atomic mass is 10.2. The molecule has 0 aliphatic rings. The van der Waals surface area contributed by atoms with Gasteiger partial charge in [0, 0.05) is 43.9 Å². The summed E-state index contributed by atoms with van der Waals surface area (Å²) in [6.45, 7) is 3.06. The summed E-state index contributed by atoms with van der Waals surface area (Å²) in [5.41, 5.74) is 1.95. The van der Waals surface area contributed by atoms with E-state index in [-0.39, 0.29) is 12.1 Å². The molecular formula is C17H20N6O. The summed E-state index contributed by atoms with van der Waals surface area (Å²) in [6.07, 6.45) is 8.94. The molecule has 124 valence electrons. The van der Waals surface area contributed by atoms with E-state index < -0.39 is 0 Å². The Morgan fingerprint density at radius 3 is 2.83 bits per heavy atom. The van der Waals surface area contributed by atoms with Gasteiger partial charge in [0.15, 0.2) is 0 Å². The number of nitrogens with zero attached hydrogens (tertiary/aromatic N) is 4. The van der Waals surface area contributed by atoms with Crippen LogP contribution in [0.3, 0.4) is 0 Å². The van der Waals surface area contributed by atoms with Gasteiger partial charge in [0.1, 0.15) is 0 Å². The van der Waals surface area contributed by atoms with Crippen molar-refractivity contribution in [1.29, 1.82) is 0 Å². The first-order valence-corrected chi connectivity index (χ1v) is 7.80. The number of rotatable bonds is 6. The van der Waals surface area contributed by atoms with Crippen molar-refractivity contribution in [3.05, 3.63) is 67.0 Å². The van der Waals surface area contributed by atoms with Crippen LogP contribution in [0.5, 0.6) is 0 Å². The van der Waals surface area contributed by atoms with E-state index in [0.29, 0.717) is 13.1 Å². The maximum absolute atomic E-state index is 12.1. The van der Waals surface area contributed by atoms with Crippen LogP contribution in [0.1, 0.15) is 12.5 Å². The normalized spacial score (nSPS) is 11.9. The largest absolute Gasteiger partial charge is 0.335 e. The van der Waals surface area contributed by atoms with Gasteiger partial charge in [-0.15, -0.1) is 0 Å². The molecule has 0 aliphatic carbocycles. The Labute approximate surface area is 140 Å². The third-order valence-electron chi connectivity index (χ3n) is 3.60. The van der Waals surface area contributed by atoms with Crippen LogP contribution in [0.25, 0.3) is 5.69 Å². The zero-order valence-electron chi connectivity index (χ0n) is 13.5. The van der Waals surface area contributed by atoms with Crippen LogP contribution in [0, 0.1) is 0 Å². The van der Waals surface area contributed by atoms with Crippen molar-refractivity contribution in [3.63, 3.8) is 0 Å². The molecule has 0 saturated carbocycles. The van der Waals surface area contributed by atoms with Crippen molar-refractivity contribution >= 4 is 6.03 Å².